The first kappa shape index (κ1) is 30.7. The number of carboxylic acid groups (broad SMARTS) is 1. The summed E-state index contributed by atoms with van der Waals surface area (Å²) in [6.07, 6.45) is 30.2. The van der Waals surface area contributed by atoms with Crippen molar-refractivity contribution in [1.82, 2.24) is 0 Å². The zero-order chi connectivity index (χ0) is 21.8. The second kappa shape index (κ2) is 29.7. The fraction of sp³-hybridized carbons (Fsp3) is 0.963. The van der Waals surface area contributed by atoms with Crippen molar-refractivity contribution >= 4 is 5.97 Å². The molecule has 0 atom stereocenters. The van der Waals surface area contributed by atoms with E-state index in [1.807, 2.05) is 0 Å². The third kappa shape index (κ3) is 35.3. The lowest BCUT2D eigenvalue weighted by Crippen LogP contribution is -1.93. The minimum atomic E-state index is -0.655. The van der Waals surface area contributed by atoms with E-state index >= 15 is 0 Å². The SMILES string of the molecule is CCCCCCCCCCC.CCCCCCCCCCCCCCCC(=O)O. The molecule has 0 aromatic carbocycles. The van der Waals surface area contributed by atoms with E-state index in [0.717, 1.165) is 12.8 Å². The number of aliphatic carboxylic acids is 1. The fourth-order valence-corrected chi connectivity index (χ4v) is 3.68. The van der Waals surface area contributed by atoms with Gasteiger partial charge in [0.25, 0.3) is 0 Å². The molecule has 0 aliphatic carbocycles. The second-order valence-electron chi connectivity index (χ2n) is 8.86. The first-order chi connectivity index (χ1) is 14.2. The third-order valence-corrected chi connectivity index (χ3v) is 5.70. The zero-order valence-electron chi connectivity index (χ0n) is 20.6. The van der Waals surface area contributed by atoms with Gasteiger partial charge < -0.3 is 5.11 Å². The highest BCUT2D eigenvalue weighted by Crippen LogP contribution is 2.13. The number of unbranched alkanes of at least 4 members (excludes halogenated alkanes) is 20. The molecule has 2 nitrogen and oxygen atoms in total. The molecule has 0 radical (unpaired) electrons. The first-order valence-corrected chi connectivity index (χ1v) is 13.4. The molecule has 0 unspecified atom stereocenters. The van der Waals surface area contributed by atoms with Gasteiger partial charge in [0.05, 0.1) is 0 Å². The van der Waals surface area contributed by atoms with Gasteiger partial charge in [0.15, 0.2) is 0 Å². The smallest absolute Gasteiger partial charge is 0.303 e. The van der Waals surface area contributed by atoms with Crippen LogP contribution in [0.5, 0.6) is 0 Å². The van der Waals surface area contributed by atoms with Crippen LogP contribution in [0.25, 0.3) is 0 Å². The molecule has 0 aliphatic heterocycles. The van der Waals surface area contributed by atoms with Crippen molar-refractivity contribution < 1.29 is 9.90 Å². The summed E-state index contributed by atoms with van der Waals surface area (Å²) in [4.78, 5) is 10.3. The lowest BCUT2D eigenvalue weighted by molar-refractivity contribution is -0.137. The Labute approximate surface area is 184 Å². The van der Waals surface area contributed by atoms with E-state index in [0.29, 0.717) is 6.42 Å². The van der Waals surface area contributed by atoms with Gasteiger partial charge in [-0.25, -0.2) is 0 Å². The van der Waals surface area contributed by atoms with Crippen molar-refractivity contribution in [2.24, 2.45) is 0 Å². The molecule has 0 amide bonds. The van der Waals surface area contributed by atoms with Gasteiger partial charge in [-0.15, -0.1) is 0 Å². The monoisotopic (exact) mass is 412 g/mol. The lowest BCUT2D eigenvalue weighted by atomic mass is 10.0. The maximum absolute atomic E-state index is 10.3. The Hall–Kier alpha value is -0.530. The normalized spacial score (nSPS) is 10.6. The van der Waals surface area contributed by atoms with E-state index in [-0.39, 0.29) is 0 Å². The van der Waals surface area contributed by atoms with Crippen molar-refractivity contribution in [2.45, 2.75) is 168 Å². The molecule has 0 rings (SSSR count). The molecule has 0 saturated heterocycles. The van der Waals surface area contributed by atoms with Crippen LogP contribution in [0.4, 0.5) is 0 Å². The highest BCUT2D eigenvalue weighted by molar-refractivity contribution is 5.66. The van der Waals surface area contributed by atoms with Crippen LogP contribution >= 0.6 is 0 Å². The van der Waals surface area contributed by atoms with Crippen molar-refractivity contribution in [3.8, 4) is 0 Å². The van der Waals surface area contributed by atoms with Crippen LogP contribution in [0.15, 0.2) is 0 Å². The van der Waals surface area contributed by atoms with E-state index in [1.54, 1.807) is 0 Å². The highest BCUT2D eigenvalue weighted by Gasteiger charge is 1.97. The Morgan fingerprint density at radius 3 is 0.828 bits per heavy atom. The predicted octanol–water partition coefficient (Wildman–Crippen LogP) is 10.1. The van der Waals surface area contributed by atoms with Gasteiger partial charge in [-0.3, -0.25) is 4.79 Å². The summed E-state index contributed by atoms with van der Waals surface area (Å²) in [6.45, 7) is 6.81. The largest absolute Gasteiger partial charge is 0.481 e. The molecule has 0 aromatic heterocycles. The van der Waals surface area contributed by atoms with Crippen molar-refractivity contribution in [3.63, 3.8) is 0 Å². The average Bonchev–Trinajstić information content (AvgIpc) is 2.71. The van der Waals surface area contributed by atoms with Crippen LogP contribution in [-0.2, 0) is 4.79 Å². The van der Waals surface area contributed by atoms with Crippen molar-refractivity contribution in [2.75, 3.05) is 0 Å². The van der Waals surface area contributed by atoms with Gasteiger partial charge in [0.2, 0.25) is 0 Å². The third-order valence-electron chi connectivity index (χ3n) is 5.70. The van der Waals surface area contributed by atoms with Crippen molar-refractivity contribution in [1.29, 1.82) is 0 Å². The predicted molar refractivity (Wildman–Crippen MR) is 131 cm³/mol. The summed E-state index contributed by atoms with van der Waals surface area (Å²) < 4.78 is 0. The summed E-state index contributed by atoms with van der Waals surface area (Å²) in [7, 11) is 0. The Kier molecular flexibility index (Phi) is 31.4. The number of hydrogen-bond donors (Lipinski definition) is 1. The molecule has 0 bridgehead atoms. The quantitative estimate of drug-likeness (QED) is 0.179. The first-order valence-electron chi connectivity index (χ1n) is 13.4. The van der Waals surface area contributed by atoms with Crippen molar-refractivity contribution in [3.05, 3.63) is 0 Å². The maximum atomic E-state index is 10.3. The van der Waals surface area contributed by atoms with E-state index in [2.05, 4.69) is 20.8 Å². The minimum Gasteiger partial charge on any atom is -0.481 e. The van der Waals surface area contributed by atoms with Gasteiger partial charge in [0.1, 0.15) is 0 Å². The molecular formula is C27H56O2. The summed E-state index contributed by atoms with van der Waals surface area (Å²) in [5.41, 5.74) is 0. The second-order valence-corrected chi connectivity index (χ2v) is 8.86. The molecule has 1 N–H and O–H groups in total. The number of rotatable bonds is 22. The van der Waals surface area contributed by atoms with Crippen LogP contribution < -0.4 is 0 Å². The van der Waals surface area contributed by atoms with Crippen LogP contribution in [0.1, 0.15) is 168 Å². The number of carboxylic acids is 1. The standard InChI is InChI=1S/C16H32O2.C11H24/c1-2-3-4-5-6-7-8-9-10-11-12-13-14-15-16(17)18;1-3-5-7-9-11-10-8-6-4-2/h2-15H2,1H3,(H,17,18);3-11H2,1-2H3. The Morgan fingerprint density at radius 1 is 0.414 bits per heavy atom. The molecular weight excluding hydrogens is 356 g/mol. The van der Waals surface area contributed by atoms with E-state index in [1.165, 1.54) is 128 Å². The Balaban J connectivity index is 0. The van der Waals surface area contributed by atoms with Crippen LogP contribution in [0, 0.1) is 0 Å². The summed E-state index contributed by atoms with van der Waals surface area (Å²) >= 11 is 0. The lowest BCUT2D eigenvalue weighted by Gasteiger charge is -2.02. The number of hydrogen-bond acceptors (Lipinski definition) is 1. The molecule has 0 heterocycles. The molecule has 176 valence electrons. The highest BCUT2D eigenvalue weighted by atomic mass is 16.4. The molecule has 0 spiro atoms. The molecule has 0 aromatic rings. The van der Waals surface area contributed by atoms with E-state index in [4.69, 9.17) is 5.11 Å². The summed E-state index contributed by atoms with van der Waals surface area (Å²) in [6, 6.07) is 0. The molecule has 29 heavy (non-hydrogen) atoms. The maximum Gasteiger partial charge on any atom is 0.303 e. The summed E-state index contributed by atoms with van der Waals surface area (Å²) in [5, 5.41) is 8.49. The van der Waals surface area contributed by atoms with E-state index in [9.17, 15) is 4.79 Å². The molecule has 0 aliphatic rings. The van der Waals surface area contributed by atoms with Gasteiger partial charge in [0, 0.05) is 6.42 Å². The molecule has 0 saturated carbocycles. The van der Waals surface area contributed by atoms with Gasteiger partial charge in [-0.2, -0.15) is 0 Å². The Bertz CT molecular complexity index is 280. The fourth-order valence-electron chi connectivity index (χ4n) is 3.68. The van der Waals surface area contributed by atoms with Crippen LogP contribution in [-0.4, -0.2) is 11.1 Å². The molecule has 0 fully saturated rings. The average molecular weight is 413 g/mol. The van der Waals surface area contributed by atoms with Crippen LogP contribution in [0.3, 0.4) is 0 Å². The minimum absolute atomic E-state index is 0.345. The van der Waals surface area contributed by atoms with Gasteiger partial charge >= 0.3 is 5.97 Å². The summed E-state index contributed by atoms with van der Waals surface area (Å²) in [5.74, 6) is -0.655. The van der Waals surface area contributed by atoms with Gasteiger partial charge in [-0.1, -0.05) is 156 Å². The van der Waals surface area contributed by atoms with Crippen LogP contribution in [0.2, 0.25) is 0 Å². The Morgan fingerprint density at radius 2 is 0.621 bits per heavy atom. The number of carbonyl (C=O) groups is 1. The molecule has 2 heteroatoms. The topological polar surface area (TPSA) is 37.3 Å². The van der Waals surface area contributed by atoms with E-state index < -0.39 is 5.97 Å². The zero-order valence-corrected chi connectivity index (χ0v) is 20.6. The van der Waals surface area contributed by atoms with Gasteiger partial charge in [-0.05, 0) is 6.42 Å².